The maximum Gasteiger partial charge on any atom is 0.408 e. The smallest absolute Gasteiger partial charge is 0.408 e. The fraction of sp³-hybridized carbons (Fsp3) is 0.250. The second kappa shape index (κ2) is 12.4. The lowest BCUT2D eigenvalue weighted by molar-refractivity contribution is -0.142. The van der Waals surface area contributed by atoms with Gasteiger partial charge in [-0.25, -0.2) is 9.59 Å². The largest absolute Gasteiger partial charge is 0.480 e. The molecule has 0 fully saturated rings. The van der Waals surface area contributed by atoms with Gasteiger partial charge in [0.25, 0.3) is 0 Å². The lowest BCUT2D eigenvalue weighted by atomic mass is 9.96. The van der Waals surface area contributed by atoms with Crippen LogP contribution >= 0.6 is 0 Å². The predicted octanol–water partition coefficient (Wildman–Crippen LogP) is 3.95. The van der Waals surface area contributed by atoms with E-state index in [1.165, 1.54) is 0 Å². The number of carbonyl (C=O) groups excluding carboxylic acids is 2. The molecule has 182 valence electrons. The fourth-order valence-electron chi connectivity index (χ4n) is 3.81. The van der Waals surface area contributed by atoms with E-state index in [2.05, 4.69) is 10.6 Å². The normalized spacial score (nSPS) is 12.3. The van der Waals surface area contributed by atoms with E-state index in [4.69, 9.17) is 4.74 Å². The molecule has 0 aliphatic heterocycles. The molecule has 0 saturated heterocycles. The van der Waals surface area contributed by atoms with Crippen molar-refractivity contribution in [3.8, 4) is 0 Å². The molecule has 0 saturated carbocycles. The summed E-state index contributed by atoms with van der Waals surface area (Å²) in [7, 11) is 0. The molecule has 3 aromatic carbocycles. The number of carboxylic acid groups (broad SMARTS) is 1. The van der Waals surface area contributed by atoms with Gasteiger partial charge in [0.05, 0.1) is 0 Å². The molecule has 3 aromatic rings. The SMILES string of the molecule is Cc1cccc(C)c1C[C@@H](NC(=O)[C@H](Cc1ccccc1)NC(=O)OCc1ccccc1)C(=O)O. The van der Waals surface area contributed by atoms with Gasteiger partial charge >= 0.3 is 12.1 Å². The van der Waals surface area contributed by atoms with E-state index in [1.807, 2.05) is 92.7 Å². The summed E-state index contributed by atoms with van der Waals surface area (Å²) in [5.41, 5.74) is 4.40. The van der Waals surface area contributed by atoms with Crippen molar-refractivity contribution < 1.29 is 24.2 Å². The average molecular weight is 475 g/mol. The standard InChI is InChI=1S/C28H30N2O5/c1-19-10-9-11-20(2)23(19)17-25(27(32)33)29-26(31)24(16-21-12-5-3-6-13-21)30-28(34)35-18-22-14-7-4-8-15-22/h3-15,24-25H,16-18H2,1-2H3,(H,29,31)(H,30,34)(H,32,33)/t24-,25+/m0/s1. The molecule has 7 nitrogen and oxygen atoms in total. The molecule has 0 heterocycles. The van der Waals surface area contributed by atoms with Crippen molar-refractivity contribution in [2.24, 2.45) is 0 Å². The summed E-state index contributed by atoms with van der Waals surface area (Å²) in [6.45, 7) is 3.87. The van der Waals surface area contributed by atoms with Crippen LogP contribution in [0, 0.1) is 13.8 Å². The molecule has 3 rings (SSSR count). The van der Waals surface area contributed by atoms with Gasteiger partial charge in [0, 0.05) is 12.8 Å². The van der Waals surface area contributed by atoms with E-state index in [9.17, 15) is 19.5 Å². The molecule has 7 heteroatoms. The molecule has 3 N–H and O–H groups in total. The fourth-order valence-corrected chi connectivity index (χ4v) is 3.81. The Balaban J connectivity index is 1.72. The van der Waals surface area contributed by atoms with E-state index in [1.54, 1.807) is 0 Å². The molecule has 0 radical (unpaired) electrons. The summed E-state index contributed by atoms with van der Waals surface area (Å²) in [5.74, 6) is -1.74. The number of carbonyl (C=O) groups is 3. The molecule has 0 unspecified atom stereocenters. The van der Waals surface area contributed by atoms with Gasteiger partial charge in [0.1, 0.15) is 18.7 Å². The van der Waals surface area contributed by atoms with Crippen LogP contribution in [0.15, 0.2) is 78.9 Å². The lowest BCUT2D eigenvalue weighted by Crippen LogP contribution is -2.53. The third-order valence-electron chi connectivity index (χ3n) is 5.77. The van der Waals surface area contributed by atoms with Crippen molar-refractivity contribution in [1.82, 2.24) is 10.6 Å². The molecule has 0 aliphatic carbocycles. The van der Waals surface area contributed by atoms with Gasteiger partial charge in [-0.3, -0.25) is 4.79 Å². The number of hydrogen-bond donors (Lipinski definition) is 3. The Morgan fingerprint density at radius 2 is 1.31 bits per heavy atom. The summed E-state index contributed by atoms with van der Waals surface area (Å²) in [4.78, 5) is 37.7. The van der Waals surface area contributed by atoms with Gasteiger partial charge in [-0.05, 0) is 41.7 Å². The predicted molar refractivity (Wildman–Crippen MR) is 133 cm³/mol. The number of amides is 2. The van der Waals surface area contributed by atoms with E-state index >= 15 is 0 Å². The summed E-state index contributed by atoms with van der Waals surface area (Å²) in [6, 6.07) is 21.9. The first-order chi connectivity index (χ1) is 16.8. The Kier molecular flexibility index (Phi) is 9.01. The zero-order chi connectivity index (χ0) is 25.2. The first-order valence-electron chi connectivity index (χ1n) is 11.4. The molecular weight excluding hydrogens is 444 g/mol. The Hall–Kier alpha value is -4.13. The summed E-state index contributed by atoms with van der Waals surface area (Å²) >= 11 is 0. The van der Waals surface area contributed by atoms with Gasteiger partial charge in [-0.2, -0.15) is 0 Å². The third kappa shape index (κ3) is 7.71. The zero-order valence-electron chi connectivity index (χ0n) is 19.9. The maximum absolute atomic E-state index is 13.2. The number of carboxylic acids is 1. The van der Waals surface area contributed by atoms with Crippen molar-refractivity contribution in [2.45, 2.75) is 45.4 Å². The highest BCUT2D eigenvalue weighted by atomic mass is 16.5. The molecule has 0 aliphatic rings. The first kappa shape index (κ1) is 25.5. The van der Waals surface area contributed by atoms with E-state index in [0.717, 1.165) is 27.8 Å². The Bertz CT molecular complexity index is 1130. The first-order valence-corrected chi connectivity index (χ1v) is 11.4. The van der Waals surface area contributed by atoms with Crippen molar-refractivity contribution in [2.75, 3.05) is 0 Å². The second-order valence-corrected chi connectivity index (χ2v) is 8.42. The zero-order valence-corrected chi connectivity index (χ0v) is 19.9. The molecular formula is C28H30N2O5. The topological polar surface area (TPSA) is 105 Å². The van der Waals surface area contributed by atoms with Crippen LogP contribution < -0.4 is 10.6 Å². The van der Waals surface area contributed by atoms with Crippen molar-refractivity contribution in [1.29, 1.82) is 0 Å². The number of ether oxygens (including phenoxy) is 1. The van der Waals surface area contributed by atoms with Crippen LogP contribution in [0.5, 0.6) is 0 Å². The second-order valence-electron chi connectivity index (χ2n) is 8.42. The summed E-state index contributed by atoms with van der Waals surface area (Å²) in [6.07, 6.45) is -0.439. The van der Waals surface area contributed by atoms with E-state index in [0.29, 0.717) is 0 Å². The van der Waals surface area contributed by atoms with Crippen molar-refractivity contribution >= 4 is 18.0 Å². The van der Waals surface area contributed by atoms with Gasteiger partial charge < -0.3 is 20.5 Å². The number of rotatable bonds is 10. The van der Waals surface area contributed by atoms with Crippen LogP contribution in [0.2, 0.25) is 0 Å². The van der Waals surface area contributed by atoms with Crippen LogP contribution in [0.4, 0.5) is 4.79 Å². The van der Waals surface area contributed by atoms with Crippen LogP contribution in [-0.2, 0) is 33.8 Å². The van der Waals surface area contributed by atoms with Crippen LogP contribution in [0.1, 0.15) is 27.8 Å². The van der Waals surface area contributed by atoms with Crippen LogP contribution in [0.25, 0.3) is 0 Å². The number of benzene rings is 3. The summed E-state index contributed by atoms with van der Waals surface area (Å²) in [5, 5.41) is 15.0. The monoisotopic (exact) mass is 474 g/mol. The molecule has 0 spiro atoms. The lowest BCUT2D eigenvalue weighted by Gasteiger charge is -2.22. The van der Waals surface area contributed by atoms with E-state index < -0.39 is 30.1 Å². The number of aliphatic carboxylic acids is 1. The molecule has 2 atom stereocenters. The third-order valence-corrected chi connectivity index (χ3v) is 5.77. The van der Waals surface area contributed by atoms with Crippen molar-refractivity contribution in [3.05, 3.63) is 107 Å². The van der Waals surface area contributed by atoms with Gasteiger partial charge in [0.15, 0.2) is 0 Å². The molecule has 0 aromatic heterocycles. The Morgan fingerprint density at radius 1 is 0.743 bits per heavy atom. The molecule has 35 heavy (non-hydrogen) atoms. The Labute approximate surface area is 205 Å². The number of nitrogens with one attached hydrogen (secondary N) is 2. The number of aryl methyl sites for hydroxylation is 2. The van der Waals surface area contributed by atoms with E-state index in [-0.39, 0.29) is 19.4 Å². The number of alkyl carbamates (subject to hydrolysis) is 1. The number of hydrogen-bond acceptors (Lipinski definition) is 4. The van der Waals surface area contributed by atoms with Crippen LogP contribution in [0.3, 0.4) is 0 Å². The minimum Gasteiger partial charge on any atom is -0.480 e. The maximum atomic E-state index is 13.2. The molecule has 2 amide bonds. The minimum atomic E-state index is -1.15. The highest BCUT2D eigenvalue weighted by Gasteiger charge is 2.28. The van der Waals surface area contributed by atoms with Crippen LogP contribution in [-0.4, -0.2) is 35.2 Å². The average Bonchev–Trinajstić information content (AvgIpc) is 2.85. The molecule has 0 bridgehead atoms. The minimum absolute atomic E-state index is 0.0522. The van der Waals surface area contributed by atoms with Crippen molar-refractivity contribution in [3.63, 3.8) is 0 Å². The highest BCUT2D eigenvalue weighted by Crippen LogP contribution is 2.16. The van der Waals surface area contributed by atoms with Gasteiger partial charge in [-0.15, -0.1) is 0 Å². The quantitative estimate of drug-likeness (QED) is 0.413. The summed E-state index contributed by atoms with van der Waals surface area (Å²) < 4.78 is 5.28. The highest BCUT2D eigenvalue weighted by molar-refractivity contribution is 5.89. The Morgan fingerprint density at radius 3 is 1.89 bits per heavy atom. The van der Waals surface area contributed by atoms with Gasteiger partial charge in [-0.1, -0.05) is 78.9 Å². The van der Waals surface area contributed by atoms with Gasteiger partial charge in [0.2, 0.25) is 5.91 Å².